The summed E-state index contributed by atoms with van der Waals surface area (Å²) in [4.78, 5) is 12.3. The van der Waals surface area contributed by atoms with Crippen LogP contribution in [0.3, 0.4) is 0 Å². The van der Waals surface area contributed by atoms with Gasteiger partial charge in [0.05, 0.1) is 18.0 Å². The number of aromatic amines is 1. The minimum atomic E-state index is -0.472. The van der Waals surface area contributed by atoms with Gasteiger partial charge in [-0.05, 0) is 54.1 Å². The summed E-state index contributed by atoms with van der Waals surface area (Å²) >= 11 is 0. The average Bonchev–Trinajstić information content (AvgIpc) is 3.34. The first-order valence-corrected chi connectivity index (χ1v) is 8.21. The number of nitrogens with one attached hydrogen (secondary N) is 1. The van der Waals surface area contributed by atoms with Crippen LogP contribution in [0.4, 0.5) is 4.39 Å². The summed E-state index contributed by atoms with van der Waals surface area (Å²) in [6, 6.07) is 11.1. The van der Waals surface area contributed by atoms with Gasteiger partial charge >= 0.3 is 0 Å². The van der Waals surface area contributed by atoms with Gasteiger partial charge in [-0.2, -0.15) is 5.10 Å². The third kappa shape index (κ3) is 3.45. The summed E-state index contributed by atoms with van der Waals surface area (Å²) in [5.74, 6) is 0.478. The van der Waals surface area contributed by atoms with Crippen molar-refractivity contribution in [2.24, 2.45) is 0 Å². The molecule has 2 heterocycles. The summed E-state index contributed by atoms with van der Waals surface area (Å²) in [6.45, 7) is -0.0801. The number of carbonyl (C=O) groups excluding carboxylic acids is 1. The van der Waals surface area contributed by atoms with Gasteiger partial charge in [-0.15, -0.1) is 0 Å². The highest BCUT2D eigenvalue weighted by molar-refractivity contribution is 6.07. The van der Waals surface area contributed by atoms with Crippen LogP contribution in [-0.4, -0.2) is 27.9 Å². The number of allylic oxidation sites excluding steroid dienone is 1. The predicted molar refractivity (Wildman–Crippen MR) is 95.8 cm³/mol. The Morgan fingerprint density at radius 2 is 2.04 bits per heavy atom. The Kier molecular flexibility index (Phi) is 4.43. The van der Waals surface area contributed by atoms with Gasteiger partial charge in [0.1, 0.15) is 5.82 Å². The van der Waals surface area contributed by atoms with Crippen LogP contribution in [0.2, 0.25) is 0 Å². The topological polar surface area (TPSA) is 84.4 Å². The highest BCUT2D eigenvalue weighted by Crippen LogP contribution is 2.32. The summed E-state index contributed by atoms with van der Waals surface area (Å²) in [5.41, 5.74) is 2.24. The van der Waals surface area contributed by atoms with Crippen LogP contribution in [0.25, 0.3) is 17.3 Å². The number of hydrogen-bond donors (Lipinski definition) is 2. The molecule has 0 saturated heterocycles. The number of ketones is 1. The van der Waals surface area contributed by atoms with Gasteiger partial charge in [0, 0.05) is 11.1 Å². The van der Waals surface area contributed by atoms with Crippen molar-refractivity contribution in [1.29, 1.82) is 0 Å². The van der Waals surface area contributed by atoms with Gasteiger partial charge in [-0.25, -0.2) is 4.39 Å². The van der Waals surface area contributed by atoms with Crippen LogP contribution in [-0.2, 0) is 6.61 Å². The molecular formula is C20H15FN2O4. The largest absolute Gasteiger partial charge is 0.454 e. The molecule has 2 N–H and O–H groups in total. The molecule has 0 radical (unpaired) electrons. The van der Waals surface area contributed by atoms with Gasteiger partial charge in [0.25, 0.3) is 0 Å². The first kappa shape index (κ1) is 17.0. The van der Waals surface area contributed by atoms with Crippen molar-refractivity contribution in [3.8, 4) is 22.8 Å². The van der Waals surface area contributed by atoms with E-state index in [9.17, 15) is 9.18 Å². The smallest absolute Gasteiger partial charge is 0.231 e. The van der Waals surface area contributed by atoms with Gasteiger partial charge in [-0.3, -0.25) is 9.89 Å². The molecule has 136 valence electrons. The van der Waals surface area contributed by atoms with Crippen LogP contribution >= 0.6 is 0 Å². The standard InChI is InChI=1S/C20H15FN2O4/c21-16-7-12(10-24)1-4-15(16)17-9-14(22-23-17)3-5-18(25)13-2-6-19-20(8-13)27-11-26-19/h1-9,24H,10-11H2,(H,22,23)/b5-3+. The Hall–Kier alpha value is -3.45. The zero-order chi connectivity index (χ0) is 18.8. The number of aliphatic hydroxyl groups excluding tert-OH is 1. The molecule has 0 saturated carbocycles. The van der Waals surface area contributed by atoms with E-state index in [2.05, 4.69) is 10.2 Å². The Labute approximate surface area is 153 Å². The molecule has 0 amide bonds. The Balaban J connectivity index is 1.51. The second-order valence-corrected chi connectivity index (χ2v) is 5.95. The van der Waals surface area contributed by atoms with E-state index in [-0.39, 0.29) is 19.2 Å². The molecule has 6 nitrogen and oxygen atoms in total. The number of nitrogens with zero attached hydrogens (tertiary/aromatic N) is 1. The number of H-pyrrole nitrogens is 1. The maximum atomic E-state index is 14.1. The molecule has 0 bridgehead atoms. The number of aliphatic hydroxyl groups is 1. The molecule has 3 aromatic rings. The van der Waals surface area contributed by atoms with E-state index in [1.165, 1.54) is 12.1 Å². The first-order valence-electron chi connectivity index (χ1n) is 8.21. The van der Waals surface area contributed by atoms with Crippen molar-refractivity contribution in [1.82, 2.24) is 10.2 Å². The molecule has 1 aliphatic heterocycles. The number of fused-ring (bicyclic) bond motifs is 1. The van der Waals surface area contributed by atoms with E-state index in [0.717, 1.165) is 0 Å². The second kappa shape index (κ2) is 7.05. The Morgan fingerprint density at radius 1 is 1.19 bits per heavy atom. The maximum absolute atomic E-state index is 14.1. The highest BCUT2D eigenvalue weighted by atomic mass is 19.1. The molecule has 0 unspecified atom stereocenters. The van der Waals surface area contributed by atoms with Crippen LogP contribution in [0.5, 0.6) is 11.5 Å². The van der Waals surface area contributed by atoms with Gasteiger partial charge < -0.3 is 14.6 Å². The second-order valence-electron chi connectivity index (χ2n) is 5.95. The minimum Gasteiger partial charge on any atom is -0.454 e. The molecule has 0 atom stereocenters. The summed E-state index contributed by atoms with van der Waals surface area (Å²) < 4.78 is 24.6. The lowest BCUT2D eigenvalue weighted by atomic mass is 10.1. The number of hydrogen-bond acceptors (Lipinski definition) is 5. The molecular weight excluding hydrogens is 351 g/mol. The predicted octanol–water partition coefficient (Wildman–Crippen LogP) is 3.33. The maximum Gasteiger partial charge on any atom is 0.231 e. The number of ether oxygens (including phenoxy) is 2. The zero-order valence-corrected chi connectivity index (χ0v) is 14.1. The monoisotopic (exact) mass is 366 g/mol. The molecule has 1 aromatic heterocycles. The Morgan fingerprint density at radius 3 is 2.85 bits per heavy atom. The van der Waals surface area contributed by atoms with Gasteiger partial charge in [0.2, 0.25) is 6.79 Å². The Bertz CT molecular complexity index is 1040. The van der Waals surface area contributed by atoms with Crippen LogP contribution in [0.15, 0.2) is 48.5 Å². The summed E-state index contributed by atoms with van der Waals surface area (Å²) in [7, 11) is 0. The van der Waals surface area contributed by atoms with Crippen molar-refractivity contribution in [3.63, 3.8) is 0 Å². The molecule has 1 aliphatic rings. The fraction of sp³-hybridized carbons (Fsp3) is 0.100. The van der Waals surface area contributed by atoms with Gasteiger partial charge in [-0.1, -0.05) is 6.07 Å². The fourth-order valence-electron chi connectivity index (χ4n) is 2.74. The molecule has 2 aromatic carbocycles. The number of benzene rings is 2. The van der Waals surface area contributed by atoms with Crippen LogP contribution in [0, 0.1) is 5.82 Å². The fourth-order valence-corrected chi connectivity index (χ4v) is 2.74. The minimum absolute atomic E-state index is 0.148. The van der Waals surface area contributed by atoms with E-state index in [1.807, 2.05) is 0 Å². The summed E-state index contributed by atoms with van der Waals surface area (Å²) in [6.07, 6.45) is 2.98. The van der Waals surface area contributed by atoms with Gasteiger partial charge in [0.15, 0.2) is 17.3 Å². The number of rotatable bonds is 5. The normalized spacial score (nSPS) is 12.7. The van der Waals surface area contributed by atoms with E-state index < -0.39 is 5.82 Å². The van der Waals surface area contributed by atoms with Crippen molar-refractivity contribution in [2.45, 2.75) is 6.61 Å². The number of aromatic nitrogens is 2. The third-order valence-corrected chi connectivity index (χ3v) is 4.16. The van der Waals surface area contributed by atoms with E-state index in [4.69, 9.17) is 14.6 Å². The quantitative estimate of drug-likeness (QED) is 0.534. The highest BCUT2D eigenvalue weighted by Gasteiger charge is 2.15. The van der Waals surface area contributed by atoms with Crippen molar-refractivity contribution < 1.29 is 23.8 Å². The SMILES string of the molecule is O=C(/C=C/c1cc(-c2ccc(CO)cc2F)n[nH]1)c1ccc2c(c1)OCO2. The number of carbonyl (C=O) groups is 1. The average molecular weight is 366 g/mol. The van der Waals surface area contributed by atoms with Crippen molar-refractivity contribution >= 4 is 11.9 Å². The van der Waals surface area contributed by atoms with Crippen molar-refractivity contribution in [3.05, 3.63) is 71.2 Å². The molecule has 0 aliphatic carbocycles. The van der Waals surface area contributed by atoms with Crippen LogP contribution < -0.4 is 9.47 Å². The first-order chi connectivity index (χ1) is 13.1. The molecule has 0 spiro atoms. The van der Waals surface area contributed by atoms with E-state index in [1.54, 1.807) is 42.5 Å². The molecule has 7 heteroatoms. The van der Waals surface area contributed by atoms with E-state index >= 15 is 0 Å². The molecule has 27 heavy (non-hydrogen) atoms. The lowest BCUT2D eigenvalue weighted by Gasteiger charge is -2.01. The summed E-state index contributed by atoms with van der Waals surface area (Å²) in [5, 5.41) is 15.9. The lowest BCUT2D eigenvalue weighted by molar-refractivity contribution is 0.104. The molecule has 4 rings (SSSR count). The van der Waals surface area contributed by atoms with E-state index in [0.29, 0.717) is 39.6 Å². The van der Waals surface area contributed by atoms with Crippen molar-refractivity contribution in [2.75, 3.05) is 6.79 Å². The zero-order valence-electron chi connectivity index (χ0n) is 14.1. The third-order valence-electron chi connectivity index (χ3n) is 4.16. The van der Waals surface area contributed by atoms with Crippen LogP contribution in [0.1, 0.15) is 21.6 Å². The number of halogens is 1. The lowest BCUT2D eigenvalue weighted by Crippen LogP contribution is -1.94. The molecule has 0 fully saturated rings.